The molecule has 0 bridgehead atoms. The van der Waals surface area contributed by atoms with Crippen LogP contribution in [-0.4, -0.2) is 26.0 Å². The van der Waals surface area contributed by atoms with Crippen LogP contribution >= 0.6 is 11.6 Å². The minimum atomic E-state index is -4.54. The van der Waals surface area contributed by atoms with Crippen molar-refractivity contribution >= 4 is 27.1 Å². The predicted molar refractivity (Wildman–Crippen MR) is 71.8 cm³/mol. The summed E-state index contributed by atoms with van der Waals surface area (Å²) >= 11 is 5.59. The zero-order valence-corrected chi connectivity index (χ0v) is 11.9. The van der Waals surface area contributed by atoms with Crippen molar-refractivity contribution in [2.24, 2.45) is 0 Å². The second kappa shape index (κ2) is 5.44. The molecule has 1 unspecified atom stereocenters. The third-order valence-corrected chi connectivity index (χ3v) is 5.17. The highest BCUT2D eigenvalue weighted by molar-refractivity contribution is 7.91. The van der Waals surface area contributed by atoms with Crippen LogP contribution in [0.1, 0.15) is 18.4 Å². The molecule has 1 saturated heterocycles. The molecule has 0 aliphatic carbocycles. The van der Waals surface area contributed by atoms with Gasteiger partial charge in [-0.3, -0.25) is 0 Å². The van der Waals surface area contributed by atoms with Crippen molar-refractivity contribution in [3.05, 3.63) is 28.8 Å². The van der Waals surface area contributed by atoms with Gasteiger partial charge in [0.05, 0.1) is 17.1 Å². The number of halogens is 4. The van der Waals surface area contributed by atoms with Crippen molar-refractivity contribution in [2.75, 3.05) is 16.8 Å². The van der Waals surface area contributed by atoms with E-state index in [4.69, 9.17) is 11.6 Å². The molecule has 1 aromatic carbocycles. The average Bonchev–Trinajstić information content (AvgIpc) is 2.29. The quantitative estimate of drug-likeness (QED) is 0.906. The monoisotopic (exact) mass is 327 g/mol. The SMILES string of the molecule is O=S1(=O)CCCC(Nc2ccc(Cl)cc2C(F)(F)F)C1. The summed E-state index contributed by atoms with van der Waals surface area (Å²) in [6.07, 6.45) is -3.56. The largest absolute Gasteiger partial charge is 0.418 e. The summed E-state index contributed by atoms with van der Waals surface area (Å²) in [6, 6.07) is 2.90. The first-order valence-electron chi connectivity index (χ1n) is 6.01. The molecule has 3 nitrogen and oxygen atoms in total. The molecule has 0 saturated carbocycles. The Labute approximate surface area is 120 Å². The summed E-state index contributed by atoms with van der Waals surface area (Å²) in [7, 11) is -3.18. The summed E-state index contributed by atoms with van der Waals surface area (Å²) in [5, 5.41) is 2.67. The van der Waals surface area contributed by atoms with Gasteiger partial charge in [-0.2, -0.15) is 13.2 Å². The lowest BCUT2D eigenvalue weighted by Gasteiger charge is -2.25. The van der Waals surface area contributed by atoms with Gasteiger partial charge in [-0.1, -0.05) is 11.6 Å². The third kappa shape index (κ3) is 3.79. The summed E-state index contributed by atoms with van der Waals surface area (Å²) in [5.74, 6) is -0.0507. The standard InChI is InChI=1S/C12H13ClF3NO2S/c13-8-3-4-11(10(6-8)12(14,15)16)17-9-2-1-5-20(18,19)7-9/h3-4,6,9,17H,1-2,5,7H2. The lowest BCUT2D eigenvalue weighted by molar-refractivity contribution is -0.137. The first-order valence-corrected chi connectivity index (χ1v) is 8.21. The number of nitrogens with one attached hydrogen (secondary N) is 1. The van der Waals surface area contributed by atoms with E-state index in [2.05, 4.69) is 5.32 Å². The van der Waals surface area contributed by atoms with Gasteiger partial charge >= 0.3 is 6.18 Å². The Balaban J connectivity index is 2.25. The highest BCUT2D eigenvalue weighted by atomic mass is 35.5. The van der Waals surface area contributed by atoms with Crippen LogP contribution < -0.4 is 5.32 Å². The number of anilines is 1. The van der Waals surface area contributed by atoms with Crippen LogP contribution in [0, 0.1) is 0 Å². The van der Waals surface area contributed by atoms with Crippen LogP contribution in [0.15, 0.2) is 18.2 Å². The summed E-state index contributed by atoms with van der Waals surface area (Å²) < 4.78 is 61.8. The highest BCUT2D eigenvalue weighted by Gasteiger charge is 2.35. The Morgan fingerprint density at radius 3 is 2.60 bits per heavy atom. The van der Waals surface area contributed by atoms with Gasteiger partial charge in [0, 0.05) is 16.8 Å². The van der Waals surface area contributed by atoms with Crippen molar-refractivity contribution in [3.63, 3.8) is 0 Å². The van der Waals surface area contributed by atoms with E-state index in [1.165, 1.54) is 12.1 Å². The van der Waals surface area contributed by atoms with Gasteiger partial charge in [0.1, 0.15) is 0 Å². The average molecular weight is 328 g/mol. The van der Waals surface area contributed by atoms with E-state index in [9.17, 15) is 21.6 Å². The van der Waals surface area contributed by atoms with Crippen LogP contribution in [0.25, 0.3) is 0 Å². The summed E-state index contributed by atoms with van der Waals surface area (Å²) in [5.41, 5.74) is -1.02. The first kappa shape index (κ1) is 15.4. The smallest absolute Gasteiger partial charge is 0.381 e. The minimum Gasteiger partial charge on any atom is -0.381 e. The molecule has 0 radical (unpaired) electrons. The molecule has 1 aliphatic rings. The molecule has 20 heavy (non-hydrogen) atoms. The maximum Gasteiger partial charge on any atom is 0.418 e. The molecule has 0 amide bonds. The van der Waals surface area contributed by atoms with E-state index >= 15 is 0 Å². The van der Waals surface area contributed by atoms with Crippen molar-refractivity contribution in [1.29, 1.82) is 0 Å². The highest BCUT2D eigenvalue weighted by Crippen LogP contribution is 2.37. The van der Waals surface area contributed by atoms with Gasteiger partial charge in [0.15, 0.2) is 9.84 Å². The van der Waals surface area contributed by atoms with Crippen molar-refractivity contribution in [3.8, 4) is 0 Å². The van der Waals surface area contributed by atoms with Gasteiger partial charge in [-0.15, -0.1) is 0 Å². The molecule has 1 aliphatic heterocycles. The van der Waals surface area contributed by atoms with Crippen LogP contribution in [0.2, 0.25) is 5.02 Å². The number of hydrogen-bond acceptors (Lipinski definition) is 3. The maximum absolute atomic E-state index is 12.9. The molecule has 112 valence electrons. The first-order chi connectivity index (χ1) is 9.17. The maximum atomic E-state index is 12.9. The van der Waals surface area contributed by atoms with E-state index < -0.39 is 27.6 Å². The van der Waals surface area contributed by atoms with E-state index in [0.717, 1.165) is 6.07 Å². The van der Waals surface area contributed by atoms with Crippen LogP contribution in [0.4, 0.5) is 18.9 Å². The van der Waals surface area contributed by atoms with Crippen LogP contribution in [0.3, 0.4) is 0 Å². The van der Waals surface area contributed by atoms with Crippen molar-refractivity contribution < 1.29 is 21.6 Å². The summed E-state index contributed by atoms with van der Waals surface area (Å²) in [4.78, 5) is 0. The molecule has 1 heterocycles. The minimum absolute atomic E-state index is 0.0147. The molecule has 8 heteroatoms. The van der Waals surface area contributed by atoms with Crippen molar-refractivity contribution in [1.82, 2.24) is 0 Å². The Bertz CT molecular complexity index is 601. The van der Waals surface area contributed by atoms with E-state index in [1.807, 2.05) is 0 Å². The van der Waals surface area contributed by atoms with Gasteiger partial charge in [-0.25, -0.2) is 8.42 Å². The zero-order valence-electron chi connectivity index (χ0n) is 10.4. The van der Waals surface area contributed by atoms with E-state index in [1.54, 1.807) is 0 Å². The number of rotatable bonds is 2. The normalized spacial score (nSPS) is 22.5. The van der Waals surface area contributed by atoms with Crippen molar-refractivity contribution in [2.45, 2.75) is 25.1 Å². The summed E-state index contributed by atoms with van der Waals surface area (Å²) in [6.45, 7) is 0. The zero-order chi connectivity index (χ0) is 15.0. The molecular weight excluding hydrogens is 315 g/mol. The number of hydrogen-bond donors (Lipinski definition) is 1. The fourth-order valence-corrected chi connectivity index (χ4v) is 4.04. The van der Waals surface area contributed by atoms with Gasteiger partial charge in [0.2, 0.25) is 0 Å². The number of sulfone groups is 1. The van der Waals surface area contributed by atoms with E-state index in [0.29, 0.717) is 12.8 Å². The Hall–Kier alpha value is -0.950. The Morgan fingerprint density at radius 2 is 2.00 bits per heavy atom. The molecule has 1 atom stereocenters. The van der Waals surface area contributed by atoms with Crippen LogP contribution in [0.5, 0.6) is 0 Å². The fourth-order valence-electron chi connectivity index (χ4n) is 2.23. The van der Waals surface area contributed by atoms with Gasteiger partial charge in [0.25, 0.3) is 0 Å². The lowest BCUT2D eigenvalue weighted by atomic mass is 10.1. The predicted octanol–water partition coefficient (Wildman–Crippen LogP) is 3.35. The molecule has 1 fully saturated rings. The lowest BCUT2D eigenvalue weighted by Crippen LogP contribution is -2.35. The second-order valence-electron chi connectivity index (χ2n) is 4.79. The molecule has 0 aromatic heterocycles. The topological polar surface area (TPSA) is 46.2 Å². The molecule has 1 N–H and O–H groups in total. The molecule has 0 spiro atoms. The Kier molecular flexibility index (Phi) is 4.20. The number of benzene rings is 1. The second-order valence-corrected chi connectivity index (χ2v) is 7.45. The fraction of sp³-hybridized carbons (Fsp3) is 0.500. The molecular formula is C12H13ClF3NO2S. The third-order valence-electron chi connectivity index (χ3n) is 3.11. The van der Waals surface area contributed by atoms with Gasteiger partial charge < -0.3 is 5.32 Å². The van der Waals surface area contributed by atoms with Crippen LogP contribution in [-0.2, 0) is 16.0 Å². The van der Waals surface area contributed by atoms with E-state index in [-0.39, 0.29) is 22.2 Å². The molecule has 1 aromatic rings. The molecule has 2 rings (SSSR count). The number of alkyl halides is 3. The Morgan fingerprint density at radius 1 is 1.30 bits per heavy atom. The van der Waals surface area contributed by atoms with Gasteiger partial charge in [-0.05, 0) is 31.0 Å².